The molecule has 32 heavy (non-hydrogen) atoms. The molecule has 6 heteroatoms. The molecule has 0 saturated heterocycles. The van der Waals surface area contributed by atoms with Gasteiger partial charge in [0.25, 0.3) is 5.91 Å². The molecule has 6 nitrogen and oxygen atoms in total. The van der Waals surface area contributed by atoms with Crippen LogP contribution in [0.1, 0.15) is 57.1 Å². The average Bonchev–Trinajstić information content (AvgIpc) is 2.75. The molecule has 1 amide bonds. The van der Waals surface area contributed by atoms with Gasteiger partial charge in [0, 0.05) is 17.8 Å². The summed E-state index contributed by atoms with van der Waals surface area (Å²) in [4.78, 5) is 29.5. The molecular weight excluding hydrogens is 402 g/mol. The van der Waals surface area contributed by atoms with Crippen molar-refractivity contribution in [2.45, 2.75) is 40.7 Å². The molecule has 0 unspecified atom stereocenters. The van der Waals surface area contributed by atoms with Crippen molar-refractivity contribution in [3.05, 3.63) is 82.2 Å². The minimum absolute atomic E-state index is 0.0528. The van der Waals surface area contributed by atoms with Crippen molar-refractivity contribution >= 4 is 17.6 Å². The first-order valence-electron chi connectivity index (χ1n) is 10.7. The Bertz CT molecular complexity index is 1150. The van der Waals surface area contributed by atoms with Crippen LogP contribution < -0.4 is 11.1 Å². The Morgan fingerprint density at radius 1 is 1.03 bits per heavy atom. The third-order valence-corrected chi connectivity index (χ3v) is 5.35. The maximum absolute atomic E-state index is 13.2. The van der Waals surface area contributed by atoms with Crippen molar-refractivity contribution in [2.24, 2.45) is 11.7 Å². The van der Waals surface area contributed by atoms with Crippen molar-refractivity contribution < 1.29 is 14.7 Å². The smallest absolute Gasteiger partial charge is 0.336 e. The minimum atomic E-state index is -1.15. The second kappa shape index (κ2) is 9.75. The number of nitrogens with zero attached hydrogens (tertiary/aromatic N) is 1. The Morgan fingerprint density at radius 2 is 1.66 bits per heavy atom. The van der Waals surface area contributed by atoms with Gasteiger partial charge in [0.15, 0.2) is 0 Å². The summed E-state index contributed by atoms with van der Waals surface area (Å²) in [6.45, 7) is 8.39. The van der Waals surface area contributed by atoms with Crippen LogP contribution in [0.15, 0.2) is 48.5 Å². The molecule has 4 N–H and O–H groups in total. The number of carboxylic acids is 1. The number of rotatable bonds is 7. The van der Waals surface area contributed by atoms with Crippen molar-refractivity contribution in [3.8, 4) is 11.1 Å². The number of amides is 1. The van der Waals surface area contributed by atoms with E-state index >= 15 is 0 Å². The number of pyridine rings is 1. The van der Waals surface area contributed by atoms with Crippen LogP contribution in [0.5, 0.6) is 0 Å². The summed E-state index contributed by atoms with van der Waals surface area (Å²) in [6.07, 6.45) is 0.766. The van der Waals surface area contributed by atoms with Crippen molar-refractivity contribution in [3.63, 3.8) is 0 Å². The number of aromatic nitrogens is 1. The Kier molecular flexibility index (Phi) is 7.05. The van der Waals surface area contributed by atoms with E-state index in [-0.39, 0.29) is 17.7 Å². The molecule has 0 radical (unpaired) electrons. The van der Waals surface area contributed by atoms with E-state index in [2.05, 4.69) is 19.2 Å². The van der Waals surface area contributed by atoms with Crippen LogP contribution in [0, 0.1) is 19.8 Å². The minimum Gasteiger partial charge on any atom is -0.478 e. The fourth-order valence-corrected chi connectivity index (χ4v) is 3.82. The molecule has 0 spiro atoms. The molecule has 1 heterocycles. The number of hydrogen-bond donors (Lipinski definition) is 3. The highest BCUT2D eigenvalue weighted by atomic mass is 16.4. The molecule has 166 valence electrons. The number of carbonyl (C=O) groups excluding carboxylic acids is 1. The van der Waals surface area contributed by atoms with E-state index in [1.807, 2.05) is 38.1 Å². The maximum Gasteiger partial charge on any atom is 0.336 e. The summed E-state index contributed by atoms with van der Waals surface area (Å²) in [6, 6.07) is 14.2. The van der Waals surface area contributed by atoms with Crippen LogP contribution in [0.4, 0.5) is 5.69 Å². The molecule has 0 aliphatic carbocycles. The Hall–Kier alpha value is -3.51. The molecule has 1 aromatic heterocycles. The molecule has 0 fully saturated rings. The van der Waals surface area contributed by atoms with Crippen molar-refractivity contribution in [1.82, 2.24) is 4.98 Å². The van der Waals surface area contributed by atoms with Crippen LogP contribution in [0.3, 0.4) is 0 Å². The fraction of sp³-hybridized carbons (Fsp3) is 0.269. The number of carboxylic acid groups (broad SMARTS) is 1. The first-order valence-corrected chi connectivity index (χ1v) is 10.7. The second-order valence-electron chi connectivity index (χ2n) is 8.35. The highest BCUT2D eigenvalue weighted by Crippen LogP contribution is 2.36. The van der Waals surface area contributed by atoms with Gasteiger partial charge in [-0.2, -0.15) is 0 Å². The molecule has 0 bridgehead atoms. The number of nitrogens with one attached hydrogen (secondary N) is 1. The quantitative estimate of drug-likeness (QED) is 0.490. The van der Waals surface area contributed by atoms with Crippen molar-refractivity contribution in [1.29, 1.82) is 0 Å². The SMILES string of the molecule is Cc1ccc(-c2c(CN)c(CC(C)C)nc(C)c2NC(=O)c2ccccc2C(=O)O)cc1. The number of carbonyl (C=O) groups is 2. The molecule has 0 saturated carbocycles. The fourth-order valence-electron chi connectivity index (χ4n) is 3.82. The average molecular weight is 432 g/mol. The normalized spacial score (nSPS) is 10.9. The predicted octanol–water partition coefficient (Wildman–Crippen LogP) is 4.97. The highest BCUT2D eigenvalue weighted by molar-refractivity contribution is 6.12. The molecule has 2 aromatic carbocycles. The lowest BCUT2D eigenvalue weighted by molar-refractivity contribution is 0.0692. The van der Waals surface area contributed by atoms with Gasteiger partial charge in [0.1, 0.15) is 0 Å². The number of anilines is 1. The molecule has 3 rings (SSSR count). The number of hydrogen-bond acceptors (Lipinski definition) is 4. The van der Waals surface area contributed by atoms with Crippen LogP contribution in [0.25, 0.3) is 11.1 Å². The lowest BCUT2D eigenvalue weighted by Gasteiger charge is -2.21. The zero-order valence-electron chi connectivity index (χ0n) is 18.9. The highest BCUT2D eigenvalue weighted by Gasteiger charge is 2.23. The molecule has 0 atom stereocenters. The van der Waals surface area contributed by atoms with E-state index in [0.29, 0.717) is 17.3 Å². The molecule has 0 aliphatic heterocycles. The van der Waals surface area contributed by atoms with Gasteiger partial charge in [0.05, 0.1) is 22.5 Å². The van der Waals surface area contributed by atoms with Gasteiger partial charge in [-0.15, -0.1) is 0 Å². The van der Waals surface area contributed by atoms with Gasteiger partial charge in [0.2, 0.25) is 0 Å². The summed E-state index contributed by atoms with van der Waals surface area (Å²) in [7, 11) is 0. The number of nitrogens with two attached hydrogens (primary N) is 1. The van der Waals surface area contributed by atoms with E-state index in [1.165, 1.54) is 12.1 Å². The van der Waals surface area contributed by atoms with Crippen LogP contribution in [0.2, 0.25) is 0 Å². The van der Waals surface area contributed by atoms with E-state index < -0.39 is 11.9 Å². The lowest BCUT2D eigenvalue weighted by atomic mass is 9.92. The summed E-state index contributed by atoms with van der Waals surface area (Å²) in [5.74, 6) is -1.26. The summed E-state index contributed by atoms with van der Waals surface area (Å²) in [5, 5.41) is 12.4. The molecule has 0 aliphatic rings. The largest absolute Gasteiger partial charge is 0.478 e. The third-order valence-electron chi connectivity index (χ3n) is 5.35. The monoisotopic (exact) mass is 431 g/mol. The van der Waals surface area contributed by atoms with Gasteiger partial charge in [-0.1, -0.05) is 55.8 Å². The Labute approximate surface area is 188 Å². The predicted molar refractivity (Wildman–Crippen MR) is 127 cm³/mol. The van der Waals surface area contributed by atoms with Gasteiger partial charge < -0.3 is 16.2 Å². The van der Waals surface area contributed by atoms with Crippen LogP contribution in [-0.4, -0.2) is 22.0 Å². The van der Waals surface area contributed by atoms with Gasteiger partial charge in [-0.05, 0) is 49.4 Å². The Morgan fingerprint density at radius 3 is 2.22 bits per heavy atom. The summed E-state index contributed by atoms with van der Waals surface area (Å²) >= 11 is 0. The van der Waals surface area contributed by atoms with Crippen molar-refractivity contribution in [2.75, 3.05) is 5.32 Å². The van der Waals surface area contributed by atoms with E-state index in [9.17, 15) is 14.7 Å². The third kappa shape index (κ3) is 4.86. The van der Waals surface area contributed by atoms with E-state index in [1.54, 1.807) is 12.1 Å². The van der Waals surface area contributed by atoms with Gasteiger partial charge in [-0.25, -0.2) is 4.79 Å². The van der Waals surface area contributed by atoms with Gasteiger partial charge in [-0.3, -0.25) is 9.78 Å². The zero-order valence-corrected chi connectivity index (χ0v) is 18.9. The Balaban J connectivity index is 2.20. The summed E-state index contributed by atoms with van der Waals surface area (Å²) < 4.78 is 0. The van der Waals surface area contributed by atoms with Gasteiger partial charge >= 0.3 is 5.97 Å². The molecule has 3 aromatic rings. The topological polar surface area (TPSA) is 105 Å². The lowest BCUT2D eigenvalue weighted by Crippen LogP contribution is -2.20. The molecular formula is C26H29N3O3. The van der Waals surface area contributed by atoms with Crippen LogP contribution >= 0.6 is 0 Å². The zero-order chi connectivity index (χ0) is 23.4. The first-order chi connectivity index (χ1) is 15.2. The van der Waals surface area contributed by atoms with E-state index in [0.717, 1.165) is 34.4 Å². The first kappa shape index (κ1) is 23.2. The maximum atomic E-state index is 13.2. The van der Waals surface area contributed by atoms with Crippen LogP contribution in [-0.2, 0) is 13.0 Å². The standard InChI is InChI=1S/C26H29N3O3/c1-15(2)13-22-21(14-27)23(18-11-9-16(3)10-12-18)24(17(4)28-22)29-25(30)19-7-5-6-8-20(19)26(31)32/h5-12,15H,13-14,27H2,1-4H3,(H,29,30)(H,31,32). The summed E-state index contributed by atoms with van der Waals surface area (Å²) in [5.41, 5.74) is 12.1. The van der Waals surface area contributed by atoms with E-state index in [4.69, 9.17) is 10.7 Å². The second-order valence-corrected chi connectivity index (χ2v) is 8.35. The number of aryl methyl sites for hydroxylation is 2. The number of benzene rings is 2. The number of aromatic carboxylic acids is 1.